The Morgan fingerprint density at radius 2 is 1.32 bits per heavy atom. The molecule has 0 aliphatic heterocycles. The van der Waals surface area contributed by atoms with Gasteiger partial charge in [-0.05, 0) is 52.5 Å². The van der Waals surface area contributed by atoms with Crippen molar-refractivity contribution in [2.24, 2.45) is 5.92 Å². The number of aldehydes is 1. The average molecular weight is 555 g/mol. The van der Waals surface area contributed by atoms with E-state index in [2.05, 4.69) is 110 Å². The van der Waals surface area contributed by atoms with Crippen LogP contribution in [0.2, 0.25) is 23.2 Å². The SMILES string of the molecule is C/C(C=O)=C\C[C@H](O[Si](c1ccccc1)(c1ccccc1)C(C)(C)C)[C@H](C)[C@H](CO)O[Si](C)(C)C(C)(C)C. The highest BCUT2D eigenvalue weighted by molar-refractivity contribution is 6.99. The summed E-state index contributed by atoms with van der Waals surface area (Å²) in [6, 6.07) is 21.2. The van der Waals surface area contributed by atoms with Gasteiger partial charge in [0.25, 0.3) is 8.32 Å². The third kappa shape index (κ3) is 7.42. The van der Waals surface area contributed by atoms with E-state index < -0.39 is 16.6 Å². The molecule has 0 bridgehead atoms. The summed E-state index contributed by atoms with van der Waals surface area (Å²) in [5.74, 6) is -0.105. The van der Waals surface area contributed by atoms with Crippen LogP contribution in [-0.4, -0.2) is 46.8 Å². The zero-order valence-corrected chi connectivity index (χ0v) is 27.2. The summed E-state index contributed by atoms with van der Waals surface area (Å²) in [6.45, 7) is 21.8. The Morgan fingerprint density at radius 1 is 0.842 bits per heavy atom. The molecule has 0 saturated heterocycles. The Labute approximate surface area is 233 Å². The number of rotatable bonds is 12. The van der Waals surface area contributed by atoms with Crippen LogP contribution >= 0.6 is 0 Å². The fraction of sp³-hybridized carbons (Fsp3) is 0.531. The molecule has 0 radical (unpaired) electrons. The van der Waals surface area contributed by atoms with Crippen LogP contribution in [-0.2, 0) is 13.6 Å². The number of aliphatic hydroxyl groups is 1. The Hall–Kier alpha value is -1.84. The molecule has 0 aliphatic rings. The largest absolute Gasteiger partial charge is 0.411 e. The Morgan fingerprint density at radius 3 is 1.68 bits per heavy atom. The van der Waals surface area contributed by atoms with E-state index in [1.165, 1.54) is 10.4 Å². The monoisotopic (exact) mass is 554 g/mol. The minimum atomic E-state index is -2.85. The molecule has 2 aromatic carbocycles. The molecule has 0 heterocycles. The summed E-state index contributed by atoms with van der Waals surface area (Å²) in [6.07, 6.45) is 2.78. The molecule has 0 unspecified atom stereocenters. The summed E-state index contributed by atoms with van der Waals surface area (Å²) in [5.41, 5.74) is 0.680. The molecule has 4 nitrogen and oxygen atoms in total. The zero-order valence-electron chi connectivity index (χ0n) is 25.2. The summed E-state index contributed by atoms with van der Waals surface area (Å²) >= 11 is 0. The van der Waals surface area contributed by atoms with Crippen LogP contribution in [0.1, 0.15) is 61.8 Å². The molecule has 210 valence electrons. The fourth-order valence-corrected chi connectivity index (χ4v) is 10.9. The average Bonchev–Trinajstić information content (AvgIpc) is 2.86. The molecule has 0 fully saturated rings. The van der Waals surface area contributed by atoms with Crippen molar-refractivity contribution in [1.29, 1.82) is 0 Å². The van der Waals surface area contributed by atoms with Crippen LogP contribution in [0.3, 0.4) is 0 Å². The van der Waals surface area contributed by atoms with E-state index in [1.807, 2.05) is 25.1 Å². The van der Waals surface area contributed by atoms with E-state index in [4.69, 9.17) is 8.85 Å². The minimum Gasteiger partial charge on any atom is -0.411 e. The van der Waals surface area contributed by atoms with Crippen molar-refractivity contribution in [2.45, 2.75) is 97.2 Å². The molecule has 2 aromatic rings. The lowest BCUT2D eigenvalue weighted by Gasteiger charge is -2.47. The predicted octanol–water partition coefficient (Wildman–Crippen LogP) is 6.49. The number of carbonyl (C=O) groups excluding carboxylic acids is 1. The van der Waals surface area contributed by atoms with Gasteiger partial charge in [0, 0.05) is 5.92 Å². The van der Waals surface area contributed by atoms with Gasteiger partial charge in [0.05, 0.1) is 18.8 Å². The molecule has 1 N–H and O–H groups in total. The molecule has 0 spiro atoms. The van der Waals surface area contributed by atoms with Crippen LogP contribution in [0, 0.1) is 5.92 Å². The third-order valence-electron chi connectivity index (χ3n) is 8.21. The van der Waals surface area contributed by atoms with Gasteiger partial charge >= 0.3 is 0 Å². The third-order valence-corrected chi connectivity index (χ3v) is 17.8. The predicted molar refractivity (Wildman–Crippen MR) is 165 cm³/mol. The van der Waals surface area contributed by atoms with Crippen LogP contribution in [0.25, 0.3) is 0 Å². The number of hydrogen-bond acceptors (Lipinski definition) is 4. The molecule has 38 heavy (non-hydrogen) atoms. The van der Waals surface area contributed by atoms with E-state index in [-0.39, 0.29) is 34.8 Å². The maximum atomic E-state index is 11.5. The molecule has 0 aromatic heterocycles. The molecule has 6 heteroatoms. The van der Waals surface area contributed by atoms with Gasteiger partial charge in [0.15, 0.2) is 8.32 Å². The molecule has 0 amide bonds. The van der Waals surface area contributed by atoms with Crippen molar-refractivity contribution in [3.63, 3.8) is 0 Å². The Kier molecular flexibility index (Phi) is 11.1. The second-order valence-electron chi connectivity index (χ2n) is 13.1. The maximum Gasteiger partial charge on any atom is 0.261 e. The summed E-state index contributed by atoms with van der Waals surface area (Å²) in [7, 11) is -5.00. The van der Waals surface area contributed by atoms with Crippen LogP contribution in [0.15, 0.2) is 72.3 Å². The Balaban J connectivity index is 2.70. The smallest absolute Gasteiger partial charge is 0.261 e. The number of hydrogen-bond donors (Lipinski definition) is 1. The van der Waals surface area contributed by atoms with Gasteiger partial charge in [0.2, 0.25) is 0 Å². The lowest BCUT2D eigenvalue weighted by atomic mass is 9.95. The van der Waals surface area contributed by atoms with Gasteiger partial charge in [-0.2, -0.15) is 0 Å². The highest BCUT2D eigenvalue weighted by Gasteiger charge is 2.52. The number of aliphatic hydroxyl groups excluding tert-OH is 1. The van der Waals surface area contributed by atoms with Crippen molar-refractivity contribution in [3.05, 3.63) is 72.3 Å². The van der Waals surface area contributed by atoms with E-state index in [1.54, 1.807) is 0 Å². The van der Waals surface area contributed by atoms with E-state index >= 15 is 0 Å². The fourth-order valence-electron chi connectivity index (χ4n) is 4.74. The van der Waals surface area contributed by atoms with Gasteiger partial charge in [-0.1, -0.05) is 115 Å². The zero-order chi connectivity index (χ0) is 28.8. The first kappa shape index (κ1) is 32.4. The van der Waals surface area contributed by atoms with Crippen molar-refractivity contribution in [3.8, 4) is 0 Å². The van der Waals surface area contributed by atoms with Gasteiger partial charge in [-0.25, -0.2) is 0 Å². The highest BCUT2D eigenvalue weighted by atomic mass is 28.4. The van der Waals surface area contributed by atoms with Crippen molar-refractivity contribution in [2.75, 3.05) is 6.61 Å². The first-order valence-corrected chi connectivity index (χ1v) is 18.6. The summed E-state index contributed by atoms with van der Waals surface area (Å²) in [5, 5.41) is 12.8. The molecule has 0 saturated carbocycles. The quantitative estimate of drug-likeness (QED) is 0.185. The molecular formula is C32H50O4Si2. The normalized spacial score (nSPS) is 16.1. The lowest BCUT2D eigenvalue weighted by molar-refractivity contribution is -0.104. The van der Waals surface area contributed by atoms with Crippen LogP contribution < -0.4 is 10.4 Å². The molecule has 2 rings (SSSR count). The van der Waals surface area contributed by atoms with Crippen molar-refractivity contribution < 1.29 is 18.8 Å². The van der Waals surface area contributed by atoms with Crippen LogP contribution in [0.4, 0.5) is 0 Å². The van der Waals surface area contributed by atoms with E-state index in [9.17, 15) is 9.90 Å². The minimum absolute atomic E-state index is 0.0164. The van der Waals surface area contributed by atoms with Crippen molar-refractivity contribution in [1.82, 2.24) is 0 Å². The maximum absolute atomic E-state index is 11.5. The van der Waals surface area contributed by atoms with Gasteiger partial charge in [-0.15, -0.1) is 0 Å². The number of allylic oxidation sites excluding steroid dienone is 1. The number of carbonyl (C=O) groups is 1. The van der Waals surface area contributed by atoms with Gasteiger partial charge in [-0.3, -0.25) is 4.79 Å². The second-order valence-corrected chi connectivity index (χ2v) is 22.1. The highest BCUT2D eigenvalue weighted by Crippen LogP contribution is 2.41. The van der Waals surface area contributed by atoms with Crippen molar-refractivity contribution >= 4 is 33.3 Å². The van der Waals surface area contributed by atoms with E-state index in [0.717, 1.165) is 6.29 Å². The lowest BCUT2D eigenvalue weighted by Crippen LogP contribution is -2.68. The molecule has 3 atom stereocenters. The first-order valence-electron chi connectivity index (χ1n) is 13.8. The standard InChI is InChI=1S/C32H50O4Si2/c1-25(23-33)21-22-29(26(2)30(24-34)35-37(9,10)31(3,4)5)36-38(32(6,7)8,27-17-13-11-14-18-27)28-19-15-12-16-20-28/h11-21,23,26,29-30,34H,22,24H2,1-10H3/b25-21+/t26-,29-,30-/m0/s1. The van der Waals surface area contributed by atoms with Crippen LogP contribution in [0.5, 0.6) is 0 Å². The summed E-state index contributed by atoms with van der Waals surface area (Å²) in [4.78, 5) is 11.5. The molecular weight excluding hydrogens is 505 g/mol. The van der Waals surface area contributed by atoms with E-state index in [0.29, 0.717) is 12.0 Å². The molecule has 0 aliphatic carbocycles. The van der Waals surface area contributed by atoms with Gasteiger partial charge < -0.3 is 14.0 Å². The first-order chi connectivity index (χ1) is 17.6. The van der Waals surface area contributed by atoms with Gasteiger partial charge in [0.1, 0.15) is 6.29 Å². The topological polar surface area (TPSA) is 55.8 Å². The summed E-state index contributed by atoms with van der Waals surface area (Å²) < 4.78 is 14.3. The Bertz CT molecular complexity index is 997. The number of benzene rings is 2. The second kappa shape index (κ2) is 13.0.